The van der Waals surface area contributed by atoms with Crippen molar-refractivity contribution in [3.05, 3.63) is 35.7 Å². The maximum Gasteiger partial charge on any atom is 0.177 e. The molecule has 1 unspecified atom stereocenters. The van der Waals surface area contributed by atoms with Crippen LogP contribution in [-0.4, -0.2) is 31.9 Å². The monoisotopic (exact) mass is 262 g/mol. The zero-order valence-electron chi connectivity index (χ0n) is 11.2. The van der Waals surface area contributed by atoms with Gasteiger partial charge in [0.2, 0.25) is 0 Å². The maximum absolute atomic E-state index is 10.1. The summed E-state index contributed by atoms with van der Waals surface area (Å²) < 4.78 is 5.49. The number of nitrogens with zero attached hydrogens (tertiary/aromatic N) is 4. The lowest BCUT2D eigenvalue weighted by atomic mass is 10.1. The van der Waals surface area contributed by atoms with E-state index in [2.05, 4.69) is 22.3 Å². The third kappa shape index (κ3) is 3.75. The van der Waals surface area contributed by atoms with Crippen LogP contribution in [0.2, 0.25) is 0 Å². The number of hydrogen-bond acceptors (Lipinski definition) is 5. The van der Waals surface area contributed by atoms with Crippen LogP contribution in [0.4, 0.5) is 0 Å². The molecule has 102 valence electrons. The summed E-state index contributed by atoms with van der Waals surface area (Å²) in [6.45, 7) is 2.76. The third-order valence-electron chi connectivity index (χ3n) is 2.66. The minimum atomic E-state index is -0.635. The van der Waals surface area contributed by atoms with Crippen LogP contribution in [0.15, 0.2) is 24.3 Å². The maximum atomic E-state index is 10.1. The molecule has 0 radical (unpaired) electrons. The van der Waals surface area contributed by atoms with Gasteiger partial charge in [-0.05, 0) is 29.3 Å². The molecule has 0 aliphatic heterocycles. The molecule has 1 aromatic carbocycles. The summed E-state index contributed by atoms with van der Waals surface area (Å²) in [4.78, 5) is 1.38. The Balaban J connectivity index is 1.97. The van der Waals surface area contributed by atoms with Crippen LogP contribution < -0.4 is 4.74 Å². The molecule has 0 amide bonds. The van der Waals surface area contributed by atoms with Crippen LogP contribution >= 0.6 is 0 Å². The highest BCUT2D eigenvalue weighted by atomic mass is 16.5. The van der Waals surface area contributed by atoms with Crippen molar-refractivity contribution >= 4 is 0 Å². The fourth-order valence-electron chi connectivity index (χ4n) is 1.70. The van der Waals surface area contributed by atoms with Crippen LogP contribution in [-0.2, 0) is 13.5 Å². The number of aliphatic hydroxyl groups excluding tert-OH is 1. The largest absolute Gasteiger partial charge is 0.494 e. The van der Waals surface area contributed by atoms with Crippen LogP contribution in [0.5, 0.6) is 5.75 Å². The molecule has 6 nitrogen and oxygen atoms in total. The summed E-state index contributed by atoms with van der Waals surface area (Å²) in [5.74, 6) is 1.34. The summed E-state index contributed by atoms with van der Waals surface area (Å²) in [5.41, 5.74) is 0.816. The predicted molar refractivity (Wildman–Crippen MR) is 69.7 cm³/mol. The molecule has 0 bridgehead atoms. The van der Waals surface area contributed by atoms with E-state index < -0.39 is 6.10 Å². The first-order valence-electron chi connectivity index (χ1n) is 6.32. The van der Waals surface area contributed by atoms with Crippen LogP contribution in [0.3, 0.4) is 0 Å². The average molecular weight is 262 g/mol. The highest BCUT2D eigenvalue weighted by Crippen LogP contribution is 2.20. The van der Waals surface area contributed by atoms with Crippen molar-refractivity contribution in [2.45, 2.75) is 25.9 Å². The molecular formula is C13H18N4O2. The summed E-state index contributed by atoms with van der Waals surface area (Å²) in [7, 11) is 1.70. The Morgan fingerprint density at radius 3 is 2.63 bits per heavy atom. The number of ether oxygens (including phenoxy) is 1. The lowest BCUT2D eigenvalue weighted by molar-refractivity contribution is 0.175. The topological polar surface area (TPSA) is 73.1 Å². The molecule has 6 heteroatoms. The van der Waals surface area contributed by atoms with E-state index in [9.17, 15) is 5.11 Å². The van der Waals surface area contributed by atoms with Crippen molar-refractivity contribution < 1.29 is 9.84 Å². The Bertz CT molecular complexity index is 510. The van der Waals surface area contributed by atoms with Gasteiger partial charge < -0.3 is 9.84 Å². The Kier molecular flexibility index (Phi) is 4.46. The molecule has 2 rings (SSSR count). The number of aryl methyl sites for hydroxylation is 1. The number of rotatable bonds is 6. The van der Waals surface area contributed by atoms with Gasteiger partial charge in [-0.1, -0.05) is 19.1 Å². The minimum Gasteiger partial charge on any atom is -0.494 e. The van der Waals surface area contributed by atoms with E-state index >= 15 is 0 Å². The molecule has 1 atom stereocenters. The van der Waals surface area contributed by atoms with Crippen molar-refractivity contribution in [3.63, 3.8) is 0 Å². The quantitative estimate of drug-likeness (QED) is 0.848. The standard InChI is InChI=1S/C13H18N4O2/c1-3-8-19-11-6-4-10(5-7-11)12(18)9-13-14-16-17(2)15-13/h4-7,12,18H,3,8-9H2,1-2H3. The molecular weight excluding hydrogens is 244 g/mol. The second-order valence-corrected chi connectivity index (χ2v) is 4.33. The van der Waals surface area contributed by atoms with E-state index in [1.54, 1.807) is 7.05 Å². The van der Waals surface area contributed by atoms with Gasteiger partial charge >= 0.3 is 0 Å². The number of tetrazole rings is 1. The van der Waals surface area contributed by atoms with Crippen LogP contribution in [0.1, 0.15) is 30.8 Å². The molecule has 2 aromatic rings. The van der Waals surface area contributed by atoms with Gasteiger partial charge in [0.05, 0.1) is 19.8 Å². The van der Waals surface area contributed by atoms with Crippen molar-refractivity contribution in [2.24, 2.45) is 7.05 Å². The first-order valence-corrected chi connectivity index (χ1v) is 6.32. The van der Waals surface area contributed by atoms with E-state index in [4.69, 9.17) is 4.74 Å². The Labute approximate surface area is 112 Å². The van der Waals surface area contributed by atoms with E-state index in [0.717, 1.165) is 17.7 Å². The third-order valence-corrected chi connectivity index (χ3v) is 2.66. The Morgan fingerprint density at radius 1 is 1.32 bits per heavy atom. The van der Waals surface area contributed by atoms with Gasteiger partial charge in [-0.2, -0.15) is 4.80 Å². The summed E-state index contributed by atoms with van der Waals surface area (Å²) in [6.07, 6.45) is 0.690. The molecule has 0 saturated heterocycles. The molecule has 0 aliphatic carbocycles. The van der Waals surface area contributed by atoms with Gasteiger partial charge in [0.25, 0.3) is 0 Å². The van der Waals surface area contributed by atoms with Crippen molar-refractivity contribution in [3.8, 4) is 5.75 Å². The van der Waals surface area contributed by atoms with Crippen LogP contribution in [0, 0.1) is 0 Å². The molecule has 0 aliphatic rings. The lowest BCUT2D eigenvalue weighted by Gasteiger charge is -2.10. The van der Waals surface area contributed by atoms with Crippen molar-refractivity contribution in [2.75, 3.05) is 6.61 Å². The van der Waals surface area contributed by atoms with E-state index in [-0.39, 0.29) is 0 Å². The first kappa shape index (κ1) is 13.5. The SMILES string of the molecule is CCCOc1ccc(C(O)Cc2nnn(C)n2)cc1. The fourth-order valence-corrected chi connectivity index (χ4v) is 1.70. The zero-order chi connectivity index (χ0) is 13.7. The molecule has 1 N–H and O–H groups in total. The van der Waals surface area contributed by atoms with E-state index in [1.807, 2.05) is 24.3 Å². The number of benzene rings is 1. The van der Waals surface area contributed by atoms with Gasteiger partial charge in [0, 0.05) is 6.42 Å². The van der Waals surface area contributed by atoms with Crippen molar-refractivity contribution in [1.29, 1.82) is 0 Å². The number of aliphatic hydroxyl groups is 1. The molecule has 1 heterocycles. The normalized spacial score (nSPS) is 12.4. The number of hydrogen-bond donors (Lipinski definition) is 1. The average Bonchev–Trinajstić information content (AvgIpc) is 2.82. The van der Waals surface area contributed by atoms with Gasteiger partial charge in [-0.25, -0.2) is 0 Å². The van der Waals surface area contributed by atoms with Crippen LogP contribution in [0.25, 0.3) is 0 Å². The summed E-state index contributed by atoms with van der Waals surface area (Å²) >= 11 is 0. The Morgan fingerprint density at radius 2 is 2.05 bits per heavy atom. The van der Waals surface area contributed by atoms with Gasteiger partial charge in [-0.3, -0.25) is 0 Å². The van der Waals surface area contributed by atoms with Gasteiger partial charge in [0.15, 0.2) is 5.82 Å². The molecule has 0 fully saturated rings. The molecule has 1 aromatic heterocycles. The van der Waals surface area contributed by atoms with Gasteiger partial charge in [0.1, 0.15) is 5.75 Å². The molecule has 0 saturated carbocycles. The Hall–Kier alpha value is -1.95. The second kappa shape index (κ2) is 6.29. The number of aromatic nitrogens is 4. The lowest BCUT2D eigenvalue weighted by Crippen LogP contribution is -2.04. The zero-order valence-corrected chi connectivity index (χ0v) is 11.2. The second-order valence-electron chi connectivity index (χ2n) is 4.33. The van der Waals surface area contributed by atoms with Gasteiger partial charge in [-0.15, -0.1) is 10.2 Å². The van der Waals surface area contributed by atoms with E-state index in [1.165, 1.54) is 4.80 Å². The van der Waals surface area contributed by atoms with Crippen molar-refractivity contribution in [1.82, 2.24) is 20.2 Å². The molecule has 19 heavy (non-hydrogen) atoms. The molecule has 0 spiro atoms. The van der Waals surface area contributed by atoms with E-state index in [0.29, 0.717) is 18.9 Å². The predicted octanol–water partition coefficient (Wildman–Crippen LogP) is 1.27. The highest BCUT2D eigenvalue weighted by Gasteiger charge is 2.12. The minimum absolute atomic E-state index is 0.350. The summed E-state index contributed by atoms with van der Waals surface area (Å²) in [5, 5.41) is 21.7. The smallest absolute Gasteiger partial charge is 0.177 e. The first-order chi connectivity index (χ1) is 9.19. The summed E-state index contributed by atoms with van der Waals surface area (Å²) in [6, 6.07) is 7.43. The highest BCUT2D eigenvalue weighted by molar-refractivity contribution is 5.28. The fraction of sp³-hybridized carbons (Fsp3) is 0.462.